The van der Waals surface area contributed by atoms with Crippen molar-refractivity contribution in [3.05, 3.63) is 29.8 Å². The Morgan fingerprint density at radius 3 is 3.14 bits per heavy atom. The number of nitrogens with two attached hydrogens (primary N) is 1. The van der Waals surface area contributed by atoms with Crippen molar-refractivity contribution < 1.29 is 0 Å². The van der Waals surface area contributed by atoms with Crippen LogP contribution in [-0.4, -0.2) is 20.9 Å². The SMILES string of the molecule is Cc1nc2ncccn2c1CCCN. The summed E-state index contributed by atoms with van der Waals surface area (Å²) in [6.45, 7) is 2.73. The fourth-order valence-electron chi connectivity index (χ4n) is 1.62. The van der Waals surface area contributed by atoms with Crippen LogP contribution >= 0.6 is 0 Å². The molecule has 0 bridgehead atoms. The van der Waals surface area contributed by atoms with E-state index in [2.05, 4.69) is 9.97 Å². The molecular formula is C10H14N4. The molecule has 0 fully saturated rings. The number of rotatable bonds is 3. The van der Waals surface area contributed by atoms with E-state index in [0.29, 0.717) is 6.54 Å². The van der Waals surface area contributed by atoms with E-state index < -0.39 is 0 Å². The molecule has 2 rings (SSSR count). The van der Waals surface area contributed by atoms with Gasteiger partial charge in [0, 0.05) is 18.1 Å². The van der Waals surface area contributed by atoms with E-state index >= 15 is 0 Å². The van der Waals surface area contributed by atoms with Crippen molar-refractivity contribution >= 4 is 5.78 Å². The zero-order valence-electron chi connectivity index (χ0n) is 8.27. The van der Waals surface area contributed by atoms with E-state index in [0.717, 1.165) is 24.3 Å². The van der Waals surface area contributed by atoms with Crippen LogP contribution in [0.5, 0.6) is 0 Å². The molecule has 74 valence electrons. The van der Waals surface area contributed by atoms with Crippen molar-refractivity contribution in [1.82, 2.24) is 14.4 Å². The smallest absolute Gasteiger partial charge is 0.234 e. The molecule has 0 saturated carbocycles. The maximum absolute atomic E-state index is 5.49. The molecule has 0 spiro atoms. The lowest BCUT2D eigenvalue weighted by Gasteiger charge is -2.00. The number of imidazole rings is 1. The minimum atomic E-state index is 0.715. The summed E-state index contributed by atoms with van der Waals surface area (Å²) in [6, 6.07) is 1.92. The summed E-state index contributed by atoms with van der Waals surface area (Å²) in [7, 11) is 0. The highest BCUT2D eigenvalue weighted by molar-refractivity contribution is 5.34. The lowest BCUT2D eigenvalue weighted by molar-refractivity contribution is 0.795. The second-order valence-corrected chi connectivity index (χ2v) is 3.33. The summed E-state index contributed by atoms with van der Waals surface area (Å²) >= 11 is 0. The van der Waals surface area contributed by atoms with Gasteiger partial charge in [-0.2, -0.15) is 0 Å². The molecule has 2 N–H and O–H groups in total. The Kier molecular flexibility index (Phi) is 2.45. The van der Waals surface area contributed by atoms with Crippen LogP contribution in [0, 0.1) is 6.92 Å². The Balaban J connectivity index is 2.45. The van der Waals surface area contributed by atoms with Gasteiger partial charge in [0.1, 0.15) is 0 Å². The summed E-state index contributed by atoms with van der Waals surface area (Å²) in [5.74, 6) is 0.775. The lowest BCUT2D eigenvalue weighted by atomic mass is 10.2. The van der Waals surface area contributed by atoms with E-state index in [1.807, 2.05) is 23.6 Å². The second-order valence-electron chi connectivity index (χ2n) is 3.33. The summed E-state index contributed by atoms with van der Waals surface area (Å²) < 4.78 is 2.03. The molecule has 0 aliphatic heterocycles. The Morgan fingerprint density at radius 2 is 2.36 bits per heavy atom. The number of aromatic nitrogens is 3. The predicted octanol–water partition coefficient (Wildman–Crippen LogP) is 0.929. The van der Waals surface area contributed by atoms with E-state index in [9.17, 15) is 0 Å². The molecule has 2 heterocycles. The highest BCUT2D eigenvalue weighted by Crippen LogP contribution is 2.11. The Hall–Kier alpha value is -1.42. The van der Waals surface area contributed by atoms with Crippen molar-refractivity contribution in [2.45, 2.75) is 19.8 Å². The van der Waals surface area contributed by atoms with Gasteiger partial charge in [-0.1, -0.05) is 0 Å². The van der Waals surface area contributed by atoms with E-state index in [1.165, 1.54) is 5.69 Å². The number of hydrogen-bond donors (Lipinski definition) is 1. The number of hydrogen-bond acceptors (Lipinski definition) is 3. The van der Waals surface area contributed by atoms with Gasteiger partial charge < -0.3 is 5.73 Å². The van der Waals surface area contributed by atoms with Gasteiger partial charge in [0.05, 0.1) is 5.69 Å². The molecule has 2 aromatic heterocycles. The average molecular weight is 190 g/mol. The Labute approximate surface area is 82.8 Å². The van der Waals surface area contributed by atoms with E-state index in [1.54, 1.807) is 6.20 Å². The first-order valence-corrected chi connectivity index (χ1v) is 4.81. The fourth-order valence-corrected chi connectivity index (χ4v) is 1.62. The predicted molar refractivity (Wildman–Crippen MR) is 55.1 cm³/mol. The quantitative estimate of drug-likeness (QED) is 0.783. The summed E-state index contributed by atoms with van der Waals surface area (Å²) in [6.07, 6.45) is 5.71. The first-order chi connectivity index (χ1) is 6.83. The van der Waals surface area contributed by atoms with Crippen molar-refractivity contribution in [3.63, 3.8) is 0 Å². The largest absolute Gasteiger partial charge is 0.330 e. The third-order valence-corrected chi connectivity index (χ3v) is 2.32. The normalized spacial score (nSPS) is 11.0. The molecule has 4 nitrogen and oxygen atoms in total. The third kappa shape index (κ3) is 1.48. The maximum atomic E-state index is 5.49. The van der Waals surface area contributed by atoms with Crippen molar-refractivity contribution in [3.8, 4) is 0 Å². The topological polar surface area (TPSA) is 56.2 Å². The second kappa shape index (κ2) is 3.75. The fraction of sp³-hybridized carbons (Fsp3) is 0.400. The molecule has 0 aliphatic carbocycles. The van der Waals surface area contributed by atoms with Crippen LogP contribution in [0.1, 0.15) is 17.8 Å². The maximum Gasteiger partial charge on any atom is 0.234 e. The average Bonchev–Trinajstić information content (AvgIpc) is 2.51. The summed E-state index contributed by atoms with van der Waals surface area (Å²) in [5.41, 5.74) is 7.77. The van der Waals surface area contributed by atoms with Gasteiger partial charge in [-0.05, 0) is 32.4 Å². The molecule has 2 aromatic rings. The zero-order valence-corrected chi connectivity index (χ0v) is 8.27. The molecule has 14 heavy (non-hydrogen) atoms. The first kappa shape index (κ1) is 9.15. The third-order valence-electron chi connectivity index (χ3n) is 2.32. The van der Waals surface area contributed by atoms with Gasteiger partial charge in [0.25, 0.3) is 0 Å². The minimum absolute atomic E-state index is 0.715. The van der Waals surface area contributed by atoms with Crippen LogP contribution in [0.3, 0.4) is 0 Å². The first-order valence-electron chi connectivity index (χ1n) is 4.81. The monoisotopic (exact) mass is 190 g/mol. The van der Waals surface area contributed by atoms with Crippen molar-refractivity contribution in [1.29, 1.82) is 0 Å². The van der Waals surface area contributed by atoms with Crippen LogP contribution in [0.4, 0.5) is 0 Å². The lowest BCUT2D eigenvalue weighted by Crippen LogP contribution is -2.03. The molecule has 0 aliphatic rings. The van der Waals surface area contributed by atoms with Gasteiger partial charge in [-0.25, -0.2) is 9.97 Å². The molecule has 0 aromatic carbocycles. The van der Waals surface area contributed by atoms with Crippen molar-refractivity contribution in [2.24, 2.45) is 5.73 Å². The van der Waals surface area contributed by atoms with Gasteiger partial charge in [-0.15, -0.1) is 0 Å². The van der Waals surface area contributed by atoms with Crippen LogP contribution in [0.25, 0.3) is 5.78 Å². The number of aryl methyl sites for hydroxylation is 2. The van der Waals surface area contributed by atoms with E-state index in [-0.39, 0.29) is 0 Å². The molecule has 0 atom stereocenters. The Bertz CT molecular complexity index is 433. The van der Waals surface area contributed by atoms with Crippen molar-refractivity contribution in [2.75, 3.05) is 6.54 Å². The summed E-state index contributed by atoms with van der Waals surface area (Å²) in [5, 5.41) is 0. The highest BCUT2D eigenvalue weighted by atomic mass is 15.1. The number of nitrogens with zero attached hydrogens (tertiary/aromatic N) is 3. The number of fused-ring (bicyclic) bond motifs is 1. The van der Waals surface area contributed by atoms with Gasteiger partial charge >= 0.3 is 0 Å². The molecule has 0 radical (unpaired) electrons. The minimum Gasteiger partial charge on any atom is -0.330 e. The molecule has 0 amide bonds. The van der Waals surface area contributed by atoms with E-state index in [4.69, 9.17) is 5.73 Å². The van der Waals surface area contributed by atoms with Gasteiger partial charge in [0.2, 0.25) is 5.78 Å². The van der Waals surface area contributed by atoms with Crippen LogP contribution in [0.2, 0.25) is 0 Å². The van der Waals surface area contributed by atoms with Crippen LogP contribution in [-0.2, 0) is 6.42 Å². The Morgan fingerprint density at radius 1 is 1.50 bits per heavy atom. The van der Waals surface area contributed by atoms with Crippen LogP contribution < -0.4 is 5.73 Å². The molecule has 0 unspecified atom stereocenters. The van der Waals surface area contributed by atoms with Gasteiger partial charge in [-0.3, -0.25) is 4.40 Å². The highest BCUT2D eigenvalue weighted by Gasteiger charge is 2.07. The van der Waals surface area contributed by atoms with Gasteiger partial charge in [0.15, 0.2) is 0 Å². The summed E-state index contributed by atoms with van der Waals surface area (Å²) in [4.78, 5) is 8.57. The standard InChI is InChI=1S/C10H14N4/c1-8-9(4-2-5-11)14-7-3-6-12-10(14)13-8/h3,6-7H,2,4-5,11H2,1H3. The zero-order chi connectivity index (χ0) is 9.97. The molecular weight excluding hydrogens is 176 g/mol. The molecule has 4 heteroatoms. The van der Waals surface area contributed by atoms with Crippen LogP contribution in [0.15, 0.2) is 18.5 Å². The molecule has 0 saturated heterocycles.